The summed E-state index contributed by atoms with van der Waals surface area (Å²) in [4.78, 5) is 17.0. The number of aromatic nitrogens is 2. The van der Waals surface area contributed by atoms with Crippen LogP contribution in [0.4, 0.5) is 0 Å². The Morgan fingerprint density at radius 1 is 1.19 bits per heavy atom. The van der Waals surface area contributed by atoms with Crippen LogP contribution < -0.4 is 10.5 Å². The van der Waals surface area contributed by atoms with Gasteiger partial charge in [-0.25, -0.2) is 18.5 Å². The van der Waals surface area contributed by atoms with Gasteiger partial charge in [-0.1, -0.05) is 12.1 Å². The van der Waals surface area contributed by atoms with Crippen LogP contribution in [0.2, 0.25) is 0 Å². The average Bonchev–Trinajstić information content (AvgIpc) is 2.89. The van der Waals surface area contributed by atoms with Gasteiger partial charge in [-0.3, -0.25) is 9.20 Å². The van der Waals surface area contributed by atoms with Crippen LogP contribution in [0.25, 0.3) is 5.65 Å². The van der Waals surface area contributed by atoms with Crippen LogP contribution in [0.1, 0.15) is 27.3 Å². The zero-order chi connectivity index (χ0) is 18.9. The molecule has 0 atom stereocenters. The number of hydrogen-bond acceptors (Lipinski definition) is 4. The average molecular weight is 372 g/mol. The number of rotatable bonds is 5. The maximum absolute atomic E-state index is 12.5. The van der Waals surface area contributed by atoms with Gasteiger partial charge in [0.1, 0.15) is 11.3 Å². The van der Waals surface area contributed by atoms with E-state index in [0.717, 1.165) is 16.8 Å². The van der Waals surface area contributed by atoms with Gasteiger partial charge in [0.05, 0.1) is 10.6 Å². The van der Waals surface area contributed by atoms with Gasteiger partial charge in [0, 0.05) is 12.7 Å². The van der Waals surface area contributed by atoms with Gasteiger partial charge in [-0.15, -0.1) is 0 Å². The molecule has 136 valence electrons. The molecule has 1 aromatic carbocycles. The summed E-state index contributed by atoms with van der Waals surface area (Å²) in [5.74, 6) is -0.194. The van der Waals surface area contributed by atoms with Crippen molar-refractivity contribution >= 4 is 21.6 Å². The molecule has 0 spiro atoms. The normalized spacial score (nSPS) is 11.7. The number of primary sulfonamides is 1. The summed E-state index contributed by atoms with van der Waals surface area (Å²) < 4.78 is 24.3. The molecule has 0 unspecified atom stereocenters. The lowest BCUT2D eigenvalue weighted by Gasteiger charge is -2.07. The molecule has 3 aromatic rings. The van der Waals surface area contributed by atoms with Crippen molar-refractivity contribution in [2.75, 3.05) is 6.54 Å². The van der Waals surface area contributed by atoms with Crippen molar-refractivity contribution in [3.63, 3.8) is 0 Å². The van der Waals surface area contributed by atoms with E-state index >= 15 is 0 Å². The van der Waals surface area contributed by atoms with Crippen LogP contribution in [-0.4, -0.2) is 30.3 Å². The zero-order valence-corrected chi connectivity index (χ0v) is 15.4. The first kappa shape index (κ1) is 18.1. The van der Waals surface area contributed by atoms with Crippen molar-refractivity contribution in [3.05, 3.63) is 65.1 Å². The Morgan fingerprint density at radius 2 is 1.88 bits per heavy atom. The Hall–Kier alpha value is -2.71. The Morgan fingerprint density at radius 3 is 2.54 bits per heavy atom. The third-order valence-corrected chi connectivity index (χ3v) is 5.05. The van der Waals surface area contributed by atoms with Gasteiger partial charge in [-0.05, 0) is 55.7 Å². The molecule has 0 fully saturated rings. The van der Waals surface area contributed by atoms with Gasteiger partial charge >= 0.3 is 0 Å². The molecule has 8 heteroatoms. The minimum Gasteiger partial charge on any atom is -0.350 e. The number of nitrogens with two attached hydrogens (primary N) is 1. The lowest BCUT2D eigenvalue weighted by atomic mass is 10.1. The van der Waals surface area contributed by atoms with E-state index in [0.29, 0.717) is 24.4 Å². The second-order valence-corrected chi connectivity index (χ2v) is 7.73. The summed E-state index contributed by atoms with van der Waals surface area (Å²) in [6.07, 6.45) is 2.41. The summed E-state index contributed by atoms with van der Waals surface area (Å²) in [5.41, 5.74) is 3.92. The number of aryl methyl sites for hydroxylation is 2. The molecular formula is C18H20N4O3S. The predicted octanol–water partition coefficient (Wildman–Crippen LogP) is 1.57. The molecule has 0 aliphatic heterocycles. The van der Waals surface area contributed by atoms with Crippen molar-refractivity contribution in [1.82, 2.24) is 14.7 Å². The maximum atomic E-state index is 12.5. The molecule has 0 saturated carbocycles. The summed E-state index contributed by atoms with van der Waals surface area (Å²) in [7, 11) is -3.69. The number of carbonyl (C=O) groups is 1. The standard InChI is InChI=1S/C18H20N4O3S/c1-12-8-10-22-16(11-12)21-13(2)17(22)18(23)20-9-7-14-3-5-15(6-4-14)26(19,24)25/h3-6,8,10-11H,7,9H2,1-2H3,(H,20,23)(H2,19,24,25). The molecule has 3 rings (SSSR count). The fraction of sp³-hybridized carbons (Fsp3) is 0.222. The molecule has 7 nitrogen and oxygen atoms in total. The molecule has 0 bridgehead atoms. The quantitative estimate of drug-likeness (QED) is 0.709. The molecule has 0 aliphatic carbocycles. The number of nitrogens with one attached hydrogen (secondary N) is 1. The van der Waals surface area contributed by atoms with Gasteiger partial charge in [0.15, 0.2) is 0 Å². The second kappa shape index (κ2) is 6.89. The molecule has 0 aliphatic rings. The number of nitrogens with zero attached hydrogens (tertiary/aromatic N) is 2. The Labute approximate surface area is 151 Å². The summed E-state index contributed by atoms with van der Waals surface area (Å²) in [6, 6.07) is 10.2. The topological polar surface area (TPSA) is 107 Å². The number of imidazole rings is 1. The molecule has 3 N–H and O–H groups in total. The number of fused-ring (bicyclic) bond motifs is 1. The van der Waals surface area contributed by atoms with Crippen molar-refractivity contribution in [3.8, 4) is 0 Å². The fourth-order valence-corrected chi connectivity index (χ4v) is 3.30. The first-order valence-electron chi connectivity index (χ1n) is 8.11. The first-order chi connectivity index (χ1) is 12.3. The van der Waals surface area contributed by atoms with E-state index < -0.39 is 10.0 Å². The number of benzene rings is 1. The minimum absolute atomic E-state index is 0.0712. The van der Waals surface area contributed by atoms with Gasteiger partial charge in [0.25, 0.3) is 5.91 Å². The van der Waals surface area contributed by atoms with Gasteiger partial charge in [-0.2, -0.15) is 0 Å². The van der Waals surface area contributed by atoms with E-state index in [9.17, 15) is 13.2 Å². The molecule has 26 heavy (non-hydrogen) atoms. The first-order valence-corrected chi connectivity index (χ1v) is 9.65. The van der Waals surface area contributed by atoms with E-state index in [-0.39, 0.29) is 10.8 Å². The Kier molecular flexibility index (Phi) is 4.80. The van der Waals surface area contributed by atoms with Crippen molar-refractivity contribution in [2.24, 2.45) is 5.14 Å². The lowest BCUT2D eigenvalue weighted by Crippen LogP contribution is -2.27. The fourth-order valence-electron chi connectivity index (χ4n) is 2.79. The number of hydrogen-bond donors (Lipinski definition) is 2. The van der Waals surface area contributed by atoms with E-state index in [4.69, 9.17) is 5.14 Å². The van der Waals surface area contributed by atoms with E-state index in [2.05, 4.69) is 10.3 Å². The highest BCUT2D eigenvalue weighted by Gasteiger charge is 2.16. The number of carbonyl (C=O) groups excluding carboxylic acids is 1. The van der Waals surface area contributed by atoms with Crippen LogP contribution in [0.3, 0.4) is 0 Å². The zero-order valence-electron chi connectivity index (χ0n) is 14.6. The van der Waals surface area contributed by atoms with E-state index in [1.807, 2.05) is 32.2 Å². The maximum Gasteiger partial charge on any atom is 0.270 e. The predicted molar refractivity (Wildman–Crippen MR) is 98.5 cm³/mol. The third-order valence-electron chi connectivity index (χ3n) is 4.12. The summed E-state index contributed by atoms with van der Waals surface area (Å²) >= 11 is 0. The third kappa shape index (κ3) is 3.76. The minimum atomic E-state index is -3.69. The van der Waals surface area contributed by atoms with Crippen LogP contribution >= 0.6 is 0 Å². The Bertz CT molecular complexity index is 1070. The summed E-state index contributed by atoms with van der Waals surface area (Å²) in [6.45, 7) is 4.21. The number of sulfonamides is 1. The largest absolute Gasteiger partial charge is 0.350 e. The van der Waals surface area contributed by atoms with Gasteiger partial charge < -0.3 is 5.32 Å². The van der Waals surface area contributed by atoms with Crippen LogP contribution in [-0.2, 0) is 16.4 Å². The SMILES string of the molecule is Cc1ccn2c(C(=O)NCCc3ccc(S(N)(=O)=O)cc3)c(C)nc2c1. The molecule has 0 saturated heterocycles. The van der Waals surface area contributed by atoms with Crippen molar-refractivity contribution in [2.45, 2.75) is 25.2 Å². The van der Waals surface area contributed by atoms with E-state index in [1.54, 1.807) is 16.5 Å². The van der Waals surface area contributed by atoms with Crippen LogP contribution in [0.5, 0.6) is 0 Å². The molecule has 2 heterocycles. The number of amides is 1. The highest BCUT2D eigenvalue weighted by atomic mass is 32.2. The highest BCUT2D eigenvalue weighted by Crippen LogP contribution is 2.14. The molecule has 1 amide bonds. The second-order valence-electron chi connectivity index (χ2n) is 6.17. The molecule has 0 radical (unpaired) electrons. The van der Waals surface area contributed by atoms with Crippen LogP contribution in [0, 0.1) is 13.8 Å². The van der Waals surface area contributed by atoms with Gasteiger partial charge in [0.2, 0.25) is 10.0 Å². The molecular weight excluding hydrogens is 352 g/mol. The van der Waals surface area contributed by atoms with E-state index in [1.165, 1.54) is 12.1 Å². The highest BCUT2D eigenvalue weighted by molar-refractivity contribution is 7.89. The molecule has 2 aromatic heterocycles. The number of pyridine rings is 1. The monoisotopic (exact) mass is 372 g/mol. The Balaban J connectivity index is 1.67. The lowest BCUT2D eigenvalue weighted by molar-refractivity contribution is 0.0947. The van der Waals surface area contributed by atoms with Crippen LogP contribution in [0.15, 0.2) is 47.5 Å². The smallest absolute Gasteiger partial charge is 0.270 e. The summed E-state index contributed by atoms with van der Waals surface area (Å²) in [5, 5.41) is 7.96. The van der Waals surface area contributed by atoms with Crippen molar-refractivity contribution < 1.29 is 13.2 Å². The van der Waals surface area contributed by atoms with Crippen molar-refractivity contribution in [1.29, 1.82) is 0 Å².